The van der Waals surface area contributed by atoms with E-state index in [2.05, 4.69) is 10.3 Å². The molecule has 21 heavy (non-hydrogen) atoms. The summed E-state index contributed by atoms with van der Waals surface area (Å²) in [5.41, 5.74) is 1.59. The molecular formula is C14H8Cl2N2O3. The summed E-state index contributed by atoms with van der Waals surface area (Å²) in [4.78, 5) is 25.9. The van der Waals surface area contributed by atoms with E-state index in [0.717, 1.165) is 0 Å². The van der Waals surface area contributed by atoms with Crippen LogP contribution in [0, 0.1) is 0 Å². The highest BCUT2D eigenvalue weighted by atomic mass is 35.5. The number of amides is 1. The lowest BCUT2D eigenvalue weighted by atomic mass is 10.2. The molecule has 0 aliphatic rings. The standard InChI is InChI=1S/C14H8Cl2N2O3/c15-8-5-4-7(6-9(8)16)13(19)17-10-2-1-3-11-12(10)18-14(20)21-11/h1-6H,(H,17,19)(H,18,20). The second kappa shape index (κ2) is 5.27. The van der Waals surface area contributed by atoms with Crippen molar-refractivity contribution in [1.29, 1.82) is 0 Å². The van der Waals surface area contributed by atoms with Crippen LogP contribution in [-0.2, 0) is 0 Å². The number of halogens is 2. The largest absolute Gasteiger partial charge is 0.417 e. The number of fused-ring (bicyclic) bond motifs is 1. The van der Waals surface area contributed by atoms with E-state index in [1.54, 1.807) is 30.3 Å². The molecule has 5 nitrogen and oxygen atoms in total. The second-order valence-corrected chi connectivity index (χ2v) is 5.09. The maximum absolute atomic E-state index is 12.2. The van der Waals surface area contributed by atoms with E-state index in [1.807, 2.05) is 0 Å². The smallest absolute Gasteiger partial charge is 0.408 e. The Bertz CT molecular complexity index is 899. The number of nitrogens with one attached hydrogen (secondary N) is 2. The number of benzene rings is 2. The van der Waals surface area contributed by atoms with Crippen molar-refractivity contribution in [2.24, 2.45) is 0 Å². The molecule has 0 radical (unpaired) electrons. The van der Waals surface area contributed by atoms with Gasteiger partial charge < -0.3 is 9.73 Å². The lowest BCUT2D eigenvalue weighted by Crippen LogP contribution is -2.12. The van der Waals surface area contributed by atoms with Gasteiger partial charge in [0.2, 0.25) is 0 Å². The van der Waals surface area contributed by atoms with Gasteiger partial charge in [0.25, 0.3) is 5.91 Å². The van der Waals surface area contributed by atoms with Gasteiger partial charge in [0.15, 0.2) is 5.58 Å². The maximum atomic E-state index is 12.2. The fraction of sp³-hybridized carbons (Fsp3) is 0. The first-order valence-corrected chi connectivity index (χ1v) is 6.68. The number of para-hydroxylation sites is 1. The highest BCUT2D eigenvalue weighted by Gasteiger charge is 2.12. The predicted octanol–water partition coefficient (Wildman–Crippen LogP) is 3.68. The third-order valence-electron chi connectivity index (χ3n) is 2.89. The van der Waals surface area contributed by atoms with Gasteiger partial charge in [-0.05, 0) is 30.3 Å². The summed E-state index contributed by atoms with van der Waals surface area (Å²) in [6.07, 6.45) is 0. The number of oxazole rings is 1. The van der Waals surface area contributed by atoms with Crippen molar-refractivity contribution in [2.45, 2.75) is 0 Å². The molecule has 7 heteroatoms. The van der Waals surface area contributed by atoms with Crippen LogP contribution in [0.2, 0.25) is 10.0 Å². The molecule has 106 valence electrons. The summed E-state index contributed by atoms with van der Waals surface area (Å²) in [5.74, 6) is -0.954. The number of aromatic nitrogens is 1. The van der Waals surface area contributed by atoms with E-state index in [-0.39, 0.29) is 5.91 Å². The van der Waals surface area contributed by atoms with Gasteiger partial charge in [-0.25, -0.2) is 4.79 Å². The fourth-order valence-electron chi connectivity index (χ4n) is 1.91. The number of H-pyrrole nitrogens is 1. The van der Waals surface area contributed by atoms with Crippen LogP contribution in [0.4, 0.5) is 5.69 Å². The van der Waals surface area contributed by atoms with E-state index in [0.29, 0.717) is 32.4 Å². The molecule has 0 spiro atoms. The highest BCUT2D eigenvalue weighted by Crippen LogP contribution is 2.24. The molecule has 0 saturated carbocycles. The van der Waals surface area contributed by atoms with E-state index < -0.39 is 5.76 Å². The van der Waals surface area contributed by atoms with E-state index in [9.17, 15) is 9.59 Å². The van der Waals surface area contributed by atoms with Crippen molar-refractivity contribution in [1.82, 2.24) is 4.98 Å². The first-order valence-electron chi connectivity index (χ1n) is 5.93. The van der Waals surface area contributed by atoms with Crippen molar-refractivity contribution in [3.8, 4) is 0 Å². The zero-order chi connectivity index (χ0) is 15.0. The first kappa shape index (κ1) is 13.7. The van der Waals surface area contributed by atoms with E-state index in [1.165, 1.54) is 6.07 Å². The van der Waals surface area contributed by atoms with Crippen molar-refractivity contribution < 1.29 is 9.21 Å². The van der Waals surface area contributed by atoms with E-state index in [4.69, 9.17) is 27.6 Å². The summed E-state index contributed by atoms with van der Waals surface area (Å²) in [6, 6.07) is 9.52. The van der Waals surface area contributed by atoms with E-state index >= 15 is 0 Å². The average Bonchev–Trinajstić information content (AvgIpc) is 2.83. The van der Waals surface area contributed by atoms with Gasteiger partial charge in [0.1, 0.15) is 5.52 Å². The zero-order valence-corrected chi connectivity index (χ0v) is 12.0. The first-order chi connectivity index (χ1) is 10.0. The Morgan fingerprint density at radius 1 is 1.14 bits per heavy atom. The predicted molar refractivity (Wildman–Crippen MR) is 81.2 cm³/mol. The molecule has 1 aromatic heterocycles. The van der Waals surface area contributed by atoms with Gasteiger partial charge in [0.05, 0.1) is 15.7 Å². The van der Waals surface area contributed by atoms with Crippen LogP contribution in [0.5, 0.6) is 0 Å². The average molecular weight is 323 g/mol. The summed E-state index contributed by atoms with van der Waals surface area (Å²) < 4.78 is 4.93. The van der Waals surface area contributed by atoms with Gasteiger partial charge in [-0.2, -0.15) is 0 Å². The summed E-state index contributed by atoms with van der Waals surface area (Å²) in [5, 5.41) is 3.35. The third-order valence-corrected chi connectivity index (χ3v) is 3.62. The molecule has 0 unspecified atom stereocenters. The number of carbonyl (C=O) groups excluding carboxylic acids is 1. The van der Waals surface area contributed by atoms with Gasteiger partial charge in [0, 0.05) is 5.56 Å². The summed E-state index contributed by atoms with van der Waals surface area (Å²) in [7, 11) is 0. The molecule has 0 atom stereocenters. The highest BCUT2D eigenvalue weighted by molar-refractivity contribution is 6.42. The normalized spacial score (nSPS) is 10.8. The molecule has 0 bridgehead atoms. The van der Waals surface area contributed by atoms with Gasteiger partial charge in [-0.1, -0.05) is 29.3 Å². The number of carbonyl (C=O) groups is 1. The molecule has 0 saturated heterocycles. The van der Waals surface area contributed by atoms with Crippen molar-refractivity contribution in [3.05, 3.63) is 62.6 Å². The van der Waals surface area contributed by atoms with Crippen molar-refractivity contribution in [3.63, 3.8) is 0 Å². The topological polar surface area (TPSA) is 75.1 Å². The number of rotatable bonds is 2. The molecule has 0 fully saturated rings. The van der Waals surface area contributed by atoms with Crippen LogP contribution in [0.25, 0.3) is 11.1 Å². The van der Waals surface area contributed by atoms with Gasteiger partial charge in [-0.3, -0.25) is 9.78 Å². The Kier molecular flexibility index (Phi) is 3.45. The molecule has 3 rings (SSSR count). The molecule has 2 N–H and O–H groups in total. The minimum Gasteiger partial charge on any atom is -0.408 e. The monoisotopic (exact) mass is 322 g/mol. The molecule has 0 aliphatic carbocycles. The quantitative estimate of drug-likeness (QED) is 0.755. The van der Waals surface area contributed by atoms with Crippen LogP contribution in [0.15, 0.2) is 45.6 Å². The van der Waals surface area contributed by atoms with Crippen LogP contribution in [0.3, 0.4) is 0 Å². The van der Waals surface area contributed by atoms with Crippen LogP contribution in [-0.4, -0.2) is 10.9 Å². The zero-order valence-electron chi connectivity index (χ0n) is 10.4. The Morgan fingerprint density at radius 3 is 2.71 bits per heavy atom. The molecule has 1 heterocycles. The maximum Gasteiger partial charge on any atom is 0.417 e. The molecule has 1 amide bonds. The SMILES string of the molecule is O=C(Nc1cccc2oc(=O)[nH]c12)c1ccc(Cl)c(Cl)c1. The summed E-state index contributed by atoms with van der Waals surface area (Å²) >= 11 is 11.7. The van der Waals surface area contributed by atoms with Crippen LogP contribution >= 0.6 is 23.2 Å². The van der Waals surface area contributed by atoms with Crippen LogP contribution < -0.4 is 11.1 Å². The Labute approximate surface area is 128 Å². The minimum absolute atomic E-state index is 0.291. The molecular weight excluding hydrogens is 315 g/mol. The lowest BCUT2D eigenvalue weighted by Gasteiger charge is -2.06. The Balaban J connectivity index is 1.96. The van der Waals surface area contributed by atoms with Crippen molar-refractivity contribution in [2.75, 3.05) is 5.32 Å². The minimum atomic E-state index is -0.582. The summed E-state index contributed by atoms with van der Waals surface area (Å²) in [6.45, 7) is 0. The van der Waals surface area contributed by atoms with Gasteiger partial charge >= 0.3 is 5.76 Å². The Hall–Kier alpha value is -2.24. The Morgan fingerprint density at radius 2 is 1.95 bits per heavy atom. The van der Waals surface area contributed by atoms with Crippen molar-refractivity contribution >= 4 is 45.9 Å². The third kappa shape index (κ3) is 2.66. The lowest BCUT2D eigenvalue weighted by molar-refractivity contribution is 0.102. The second-order valence-electron chi connectivity index (χ2n) is 4.28. The number of hydrogen-bond acceptors (Lipinski definition) is 3. The number of hydrogen-bond donors (Lipinski definition) is 2. The molecule has 3 aromatic rings. The van der Waals surface area contributed by atoms with Gasteiger partial charge in [-0.15, -0.1) is 0 Å². The molecule has 2 aromatic carbocycles. The number of aromatic amines is 1. The van der Waals surface area contributed by atoms with Crippen LogP contribution in [0.1, 0.15) is 10.4 Å². The fourth-order valence-corrected chi connectivity index (χ4v) is 2.21. The number of anilines is 1. The molecule has 0 aliphatic heterocycles.